The van der Waals surface area contributed by atoms with E-state index < -0.39 is 22.0 Å². The third-order valence-electron chi connectivity index (χ3n) is 4.34. The summed E-state index contributed by atoms with van der Waals surface area (Å²) in [4.78, 5) is 11.9. The minimum absolute atomic E-state index is 0.00879. The Kier molecular flexibility index (Phi) is 8.10. The Morgan fingerprint density at radius 1 is 1.04 bits per heavy atom. The van der Waals surface area contributed by atoms with Gasteiger partial charge in [0.05, 0.1) is 4.90 Å². The Labute approximate surface area is 171 Å². The van der Waals surface area contributed by atoms with Crippen molar-refractivity contribution in [1.82, 2.24) is 4.31 Å². The van der Waals surface area contributed by atoms with Gasteiger partial charge in [-0.2, -0.15) is 16.1 Å². The molecule has 7 heteroatoms. The van der Waals surface area contributed by atoms with Crippen molar-refractivity contribution >= 4 is 27.8 Å². The summed E-state index contributed by atoms with van der Waals surface area (Å²) in [7, 11) is -3.93. The van der Waals surface area contributed by atoms with Gasteiger partial charge in [0, 0.05) is 6.54 Å². The second-order valence-electron chi connectivity index (χ2n) is 6.99. The van der Waals surface area contributed by atoms with Gasteiger partial charge in [-0.1, -0.05) is 56.3 Å². The minimum atomic E-state index is -3.93. The maximum Gasteiger partial charge on any atom is 0.322 e. The van der Waals surface area contributed by atoms with Crippen LogP contribution in [-0.2, 0) is 14.8 Å². The fourth-order valence-electron chi connectivity index (χ4n) is 2.96. The van der Waals surface area contributed by atoms with Crippen LogP contribution in [0.4, 0.5) is 0 Å². The first-order valence-corrected chi connectivity index (χ1v) is 12.0. The molecule has 0 amide bonds. The van der Waals surface area contributed by atoms with Crippen LogP contribution < -0.4 is 0 Å². The molecule has 0 heterocycles. The van der Waals surface area contributed by atoms with Gasteiger partial charge in [-0.3, -0.25) is 4.79 Å². The Hall–Kier alpha value is -1.83. The SMILES string of the molecule is CSCC[C@@H](C(=O)O)N(CC(C)C)S(=O)(=O)c1ccc(-c2ccccc2)cc1. The molecule has 1 atom stereocenters. The Balaban J connectivity index is 2.39. The van der Waals surface area contributed by atoms with E-state index in [1.165, 1.54) is 11.8 Å². The van der Waals surface area contributed by atoms with E-state index in [1.54, 1.807) is 24.3 Å². The van der Waals surface area contributed by atoms with Crippen LogP contribution in [0.2, 0.25) is 0 Å². The average molecular weight is 422 g/mol. The van der Waals surface area contributed by atoms with Crippen molar-refractivity contribution in [2.24, 2.45) is 5.92 Å². The summed E-state index contributed by atoms with van der Waals surface area (Å²) >= 11 is 1.50. The molecule has 0 aromatic heterocycles. The standard InChI is InChI=1S/C21H27NO4S2/c1-16(2)15-22(20(21(23)24)13-14-27-3)28(25,26)19-11-9-18(10-12-19)17-7-5-4-6-8-17/h4-12,16,20H,13-15H2,1-3H3,(H,23,24)/t20-/m0/s1. The zero-order valence-electron chi connectivity index (χ0n) is 16.4. The summed E-state index contributed by atoms with van der Waals surface area (Å²) in [5.41, 5.74) is 1.90. The zero-order chi connectivity index (χ0) is 20.7. The predicted molar refractivity (Wildman–Crippen MR) is 115 cm³/mol. The van der Waals surface area contributed by atoms with E-state index in [0.29, 0.717) is 5.75 Å². The molecule has 0 saturated carbocycles. The summed E-state index contributed by atoms with van der Waals surface area (Å²) < 4.78 is 27.7. The number of aliphatic carboxylic acids is 1. The van der Waals surface area contributed by atoms with Crippen LogP contribution in [-0.4, -0.2) is 48.4 Å². The van der Waals surface area contributed by atoms with Crippen LogP contribution in [0.15, 0.2) is 59.5 Å². The molecule has 28 heavy (non-hydrogen) atoms. The number of benzene rings is 2. The molecule has 1 N–H and O–H groups in total. The molecule has 0 saturated heterocycles. The van der Waals surface area contributed by atoms with Gasteiger partial charge in [-0.05, 0) is 47.6 Å². The molecule has 0 unspecified atom stereocenters. The van der Waals surface area contributed by atoms with Gasteiger partial charge in [0.2, 0.25) is 10.0 Å². The van der Waals surface area contributed by atoms with E-state index >= 15 is 0 Å². The van der Waals surface area contributed by atoms with Gasteiger partial charge in [0.15, 0.2) is 0 Å². The fraction of sp³-hybridized carbons (Fsp3) is 0.381. The third-order valence-corrected chi connectivity index (χ3v) is 6.87. The minimum Gasteiger partial charge on any atom is -0.480 e. The molecular weight excluding hydrogens is 394 g/mol. The van der Waals surface area contributed by atoms with Gasteiger partial charge in [0.25, 0.3) is 0 Å². The van der Waals surface area contributed by atoms with E-state index in [4.69, 9.17) is 0 Å². The summed E-state index contributed by atoms with van der Waals surface area (Å²) in [6.45, 7) is 3.93. The maximum atomic E-state index is 13.3. The molecule has 2 aromatic rings. The molecule has 2 aromatic carbocycles. The van der Waals surface area contributed by atoms with Crippen molar-refractivity contribution < 1.29 is 18.3 Å². The topological polar surface area (TPSA) is 74.7 Å². The lowest BCUT2D eigenvalue weighted by Gasteiger charge is -2.29. The van der Waals surface area contributed by atoms with E-state index in [9.17, 15) is 18.3 Å². The number of sulfonamides is 1. The number of rotatable bonds is 10. The Bertz CT molecular complexity index is 865. The second-order valence-corrected chi connectivity index (χ2v) is 9.87. The molecular formula is C21H27NO4S2. The molecule has 2 rings (SSSR count). The normalized spacial score (nSPS) is 13.0. The summed E-state index contributed by atoms with van der Waals surface area (Å²) in [5.74, 6) is -0.526. The van der Waals surface area contributed by atoms with Crippen molar-refractivity contribution in [3.8, 4) is 11.1 Å². The van der Waals surface area contributed by atoms with E-state index in [-0.39, 0.29) is 23.8 Å². The van der Waals surface area contributed by atoms with Gasteiger partial charge in [-0.15, -0.1) is 0 Å². The van der Waals surface area contributed by atoms with Crippen LogP contribution >= 0.6 is 11.8 Å². The maximum absolute atomic E-state index is 13.3. The third kappa shape index (κ3) is 5.59. The molecule has 0 aliphatic carbocycles. The van der Waals surface area contributed by atoms with Crippen molar-refractivity contribution in [3.05, 3.63) is 54.6 Å². The molecule has 0 fully saturated rings. The van der Waals surface area contributed by atoms with Crippen LogP contribution in [0.25, 0.3) is 11.1 Å². The number of hydrogen-bond acceptors (Lipinski definition) is 4. The summed E-state index contributed by atoms with van der Waals surface area (Å²) in [6, 6.07) is 15.2. The van der Waals surface area contributed by atoms with E-state index in [1.807, 2.05) is 50.4 Å². The zero-order valence-corrected chi connectivity index (χ0v) is 18.0. The van der Waals surface area contributed by atoms with Crippen molar-refractivity contribution in [2.75, 3.05) is 18.6 Å². The van der Waals surface area contributed by atoms with Gasteiger partial charge >= 0.3 is 5.97 Å². The number of nitrogens with zero attached hydrogens (tertiary/aromatic N) is 1. The van der Waals surface area contributed by atoms with Gasteiger partial charge in [0.1, 0.15) is 6.04 Å². The van der Waals surface area contributed by atoms with Crippen LogP contribution in [0.5, 0.6) is 0 Å². The lowest BCUT2D eigenvalue weighted by molar-refractivity contribution is -0.141. The van der Waals surface area contributed by atoms with Crippen molar-refractivity contribution in [2.45, 2.75) is 31.2 Å². The number of carbonyl (C=O) groups is 1. The quantitative estimate of drug-likeness (QED) is 0.622. The van der Waals surface area contributed by atoms with Crippen LogP contribution in [0, 0.1) is 5.92 Å². The lowest BCUT2D eigenvalue weighted by Crippen LogP contribution is -2.47. The largest absolute Gasteiger partial charge is 0.480 e. The molecule has 0 spiro atoms. The molecule has 0 radical (unpaired) electrons. The number of hydrogen-bond donors (Lipinski definition) is 1. The summed E-state index contributed by atoms with van der Waals surface area (Å²) in [6.07, 6.45) is 2.15. The predicted octanol–water partition coefficient (Wildman–Crippen LogP) is 4.21. The molecule has 5 nitrogen and oxygen atoms in total. The average Bonchev–Trinajstić information content (AvgIpc) is 2.67. The van der Waals surface area contributed by atoms with Gasteiger partial charge in [-0.25, -0.2) is 8.42 Å². The molecule has 152 valence electrons. The smallest absolute Gasteiger partial charge is 0.322 e. The molecule has 0 aliphatic heterocycles. The van der Waals surface area contributed by atoms with Crippen LogP contribution in [0.3, 0.4) is 0 Å². The highest BCUT2D eigenvalue weighted by molar-refractivity contribution is 7.98. The monoisotopic (exact) mass is 421 g/mol. The number of carboxylic acids is 1. The Morgan fingerprint density at radius 3 is 2.11 bits per heavy atom. The second kappa shape index (κ2) is 10.1. The van der Waals surface area contributed by atoms with Crippen molar-refractivity contribution in [3.63, 3.8) is 0 Å². The molecule has 0 aliphatic rings. The highest BCUT2D eigenvalue weighted by Gasteiger charge is 2.35. The Morgan fingerprint density at radius 2 is 1.61 bits per heavy atom. The van der Waals surface area contributed by atoms with Crippen LogP contribution in [0.1, 0.15) is 20.3 Å². The van der Waals surface area contributed by atoms with E-state index in [2.05, 4.69) is 0 Å². The van der Waals surface area contributed by atoms with E-state index in [0.717, 1.165) is 15.4 Å². The highest BCUT2D eigenvalue weighted by atomic mass is 32.2. The highest BCUT2D eigenvalue weighted by Crippen LogP contribution is 2.25. The van der Waals surface area contributed by atoms with Crippen molar-refractivity contribution in [1.29, 1.82) is 0 Å². The number of thioether (sulfide) groups is 1. The first-order chi connectivity index (χ1) is 13.3. The summed E-state index contributed by atoms with van der Waals surface area (Å²) in [5, 5.41) is 9.67. The lowest BCUT2D eigenvalue weighted by atomic mass is 10.1. The number of carboxylic acid groups (broad SMARTS) is 1. The first-order valence-electron chi connectivity index (χ1n) is 9.16. The molecule has 0 bridgehead atoms. The fourth-order valence-corrected chi connectivity index (χ4v) is 5.19. The van der Waals surface area contributed by atoms with Gasteiger partial charge < -0.3 is 5.11 Å². The first kappa shape index (κ1) is 22.5.